The summed E-state index contributed by atoms with van der Waals surface area (Å²) in [7, 11) is 2.15. The van der Waals surface area contributed by atoms with Crippen LogP contribution in [0.1, 0.15) is 37.9 Å². The monoisotopic (exact) mass is 329 g/mol. The molecule has 3 rings (SSSR count). The number of hydrogen-bond donors (Lipinski definition) is 1. The number of rotatable bonds is 5. The Morgan fingerprint density at radius 3 is 2.62 bits per heavy atom. The van der Waals surface area contributed by atoms with E-state index in [1.807, 2.05) is 0 Å². The molecule has 2 heterocycles. The van der Waals surface area contributed by atoms with E-state index in [0.717, 1.165) is 32.6 Å². The smallest absolute Gasteiger partial charge is 0.0593 e. The van der Waals surface area contributed by atoms with Crippen molar-refractivity contribution < 1.29 is 5.11 Å². The van der Waals surface area contributed by atoms with Crippen molar-refractivity contribution in [2.75, 3.05) is 32.8 Å². The molecule has 24 heavy (non-hydrogen) atoms. The van der Waals surface area contributed by atoms with Gasteiger partial charge in [0, 0.05) is 42.7 Å². The normalized spacial score (nSPS) is 20.3. The molecule has 0 saturated carbocycles. The highest BCUT2D eigenvalue weighted by molar-refractivity contribution is 5.86. The Hall–Kier alpha value is -1.36. The quantitative estimate of drug-likeness (QED) is 0.915. The van der Waals surface area contributed by atoms with Crippen molar-refractivity contribution in [3.63, 3.8) is 0 Å². The SMILES string of the molecule is CCN(CC)C(C)N1CCc2c(n(C)c3ccccc23)C(CO)C1. The van der Waals surface area contributed by atoms with E-state index in [-0.39, 0.29) is 12.5 Å². The van der Waals surface area contributed by atoms with Gasteiger partial charge in [0.2, 0.25) is 0 Å². The van der Waals surface area contributed by atoms with E-state index in [1.54, 1.807) is 0 Å². The van der Waals surface area contributed by atoms with E-state index >= 15 is 0 Å². The number of aryl methyl sites for hydroxylation is 1. The van der Waals surface area contributed by atoms with Gasteiger partial charge in [0.15, 0.2) is 0 Å². The van der Waals surface area contributed by atoms with E-state index in [4.69, 9.17) is 0 Å². The number of para-hydroxylation sites is 1. The van der Waals surface area contributed by atoms with Gasteiger partial charge in [-0.15, -0.1) is 0 Å². The molecule has 1 aliphatic rings. The van der Waals surface area contributed by atoms with Gasteiger partial charge in [-0.3, -0.25) is 9.80 Å². The standard InChI is InChI=1S/C20H31N3O/c1-5-22(6-2)15(3)23-12-11-18-17-9-7-8-10-19(17)21(4)20(18)16(13-23)14-24/h7-10,15-16,24H,5-6,11-14H2,1-4H3. The fourth-order valence-corrected chi connectivity index (χ4v) is 4.46. The van der Waals surface area contributed by atoms with Gasteiger partial charge in [0.1, 0.15) is 0 Å². The second-order valence-electron chi connectivity index (χ2n) is 6.92. The molecular formula is C20H31N3O. The van der Waals surface area contributed by atoms with Crippen LogP contribution in [-0.2, 0) is 13.5 Å². The van der Waals surface area contributed by atoms with Gasteiger partial charge in [-0.25, -0.2) is 0 Å². The van der Waals surface area contributed by atoms with Crippen LogP contribution in [0.5, 0.6) is 0 Å². The molecule has 1 aromatic carbocycles. The van der Waals surface area contributed by atoms with Gasteiger partial charge in [0.05, 0.1) is 12.8 Å². The third-order valence-electron chi connectivity index (χ3n) is 5.84. The molecule has 0 fully saturated rings. The summed E-state index contributed by atoms with van der Waals surface area (Å²) < 4.78 is 2.30. The predicted octanol–water partition coefficient (Wildman–Crippen LogP) is 2.80. The zero-order chi connectivity index (χ0) is 17.3. The lowest BCUT2D eigenvalue weighted by Crippen LogP contribution is -2.48. The summed E-state index contributed by atoms with van der Waals surface area (Å²) in [5.41, 5.74) is 4.04. The maximum absolute atomic E-state index is 10.1. The molecule has 0 amide bonds. The van der Waals surface area contributed by atoms with Crippen molar-refractivity contribution in [1.29, 1.82) is 0 Å². The molecule has 2 unspecified atom stereocenters. The summed E-state index contributed by atoms with van der Waals surface area (Å²) in [4.78, 5) is 5.03. The molecule has 0 saturated heterocycles. The molecule has 1 N–H and O–H groups in total. The molecule has 1 aliphatic heterocycles. The summed E-state index contributed by atoms with van der Waals surface area (Å²) in [6.45, 7) is 11.1. The lowest BCUT2D eigenvalue weighted by Gasteiger charge is -2.37. The van der Waals surface area contributed by atoms with Crippen molar-refractivity contribution in [2.45, 2.75) is 39.3 Å². The summed E-state index contributed by atoms with van der Waals surface area (Å²) in [5, 5.41) is 11.5. The van der Waals surface area contributed by atoms with E-state index in [1.165, 1.54) is 22.2 Å². The zero-order valence-corrected chi connectivity index (χ0v) is 15.5. The fourth-order valence-electron chi connectivity index (χ4n) is 4.46. The number of benzene rings is 1. The lowest BCUT2D eigenvalue weighted by atomic mass is 10.0. The predicted molar refractivity (Wildman–Crippen MR) is 100 cm³/mol. The largest absolute Gasteiger partial charge is 0.396 e. The second-order valence-corrected chi connectivity index (χ2v) is 6.92. The molecule has 2 aromatic rings. The summed E-state index contributed by atoms with van der Waals surface area (Å²) in [5.74, 6) is 0.179. The average molecular weight is 329 g/mol. The van der Waals surface area contributed by atoms with Gasteiger partial charge in [0.25, 0.3) is 0 Å². The third-order valence-corrected chi connectivity index (χ3v) is 5.84. The molecule has 2 atom stereocenters. The van der Waals surface area contributed by atoms with Crippen LogP contribution in [0.2, 0.25) is 0 Å². The van der Waals surface area contributed by atoms with E-state index in [2.05, 4.69) is 66.5 Å². The van der Waals surface area contributed by atoms with Crippen LogP contribution in [0.25, 0.3) is 10.9 Å². The molecule has 4 heteroatoms. The van der Waals surface area contributed by atoms with Crippen molar-refractivity contribution in [3.8, 4) is 0 Å². The third kappa shape index (κ3) is 2.87. The summed E-state index contributed by atoms with van der Waals surface area (Å²) >= 11 is 0. The van der Waals surface area contributed by atoms with Gasteiger partial charge in [-0.05, 0) is 38.1 Å². The first-order valence-electron chi connectivity index (χ1n) is 9.27. The number of aliphatic hydroxyl groups is 1. The maximum atomic E-state index is 10.1. The van der Waals surface area contributed by atoms with Crippen LogP contribution in [0, 0.1) is 0 Å². The zero-order valence-electron chi connectivity index (χ0n) is 15.5. The van der Waals surface area contributed by atoms with Gasteiger partial charge in [-0.1, -0.05) is 32.0 Å². The Morgan fingerprint density at radius 1 is 1.25 bits per heavy atom. The molecule has 0 aliphatic carbocycles. The Kier molecular flexibility index (Phi) is 5.28. The minimum atomic E-state index is 0.179. The molecular weight excluding hydrogens is 298 g/mol. The molecule has 1 aromatic heterocycles. The summed E-state index contributed by atoms with van der Waals surface area (Å²) in [6, 6.07) is 8.64. The molecule has 0 spiro atoms. The second kappa shape index (κ2) is 7.26. The number of nitrogens with zero attached hydrogens (tertiary/aromatic N) is 3. The minimum absolute atomic E-state index is 0.179. The van der Waals surface area contributed by atoms with Crippen LogP contribution in [0.3, 0.4) is 0 Å². The van der Waals surface area contributed by atoms with Crippen molar-refractivity contribution >= 4 is 10.9 Å². The first kappa shape index (κ1) is 17.5. The Balaban J connectivity index is 1.97. The summed E-state index contributed by atoms with van der Waals surface area (Å²) in [6.07, 6.45) is 1.47. The Labute approximate surface area is 145 Å². The van der Waals surface area contributed by atoms with Crippen LogP contribution >= 0.6 is 0 Å². The minimum Gasteiger partial charge on any atom is -0.396 e. The lowest BCUT2D eigenvalue weighted by molar-refractivity contribution is 0.0546. The average Bonchev–Trinajstić information content (AvgIpc) is 2.78. The van der Waals surface area contributed by atoms with Crippen LogP contribution in [0.4, 0.5) is 0 Å². The highest BCUT2D eigenvalue weighted by Gasteiger charge is 2.30. The van der Waals surface area contributed by atoms with Crippen molar-refractivity contribution in [3.05, 3.63) is 35.5 Å². The molecule has 4 nitrogen and oxygen atoms in total. The first-order valence-corrected chi connectivity index (χ1v) is 9.27. The highest BCUT2D eigenvalue weighted by atomic mass is 16.3. The number of aliphatic hydroxyl groups excluding tert-OH is 1. The van der Waals surface area contributed by atoms with E-state index < -0.39 is 0 Å². The first-order chi connectivity index (χ1) is 11.6. The van der Waals surface area contributed by atoms with Crippen LogP contribution in [0.15, 0.2) is 24.3 Å². The number of fused-ring (bicyclic) bond motifs is 3. The Morgan fingerprint density at radius 2 is 1.96 bits per heavy atom. The van der Waals surface area contributed by atoms with Crippen molar-refractivity contribution in [2.24, 2.45) is 7.05 Å². The fraction of sp³-hybridized carbons (Fsp3) is 0.600. The number of hydrogen-bond acceptors (Lipinski definition) is 3. The molecule has 132 valence electrons. The molecule has 0 radical (unpaired) electrons. The van der Waals surface area contributed by atoms with Crippen LogP contribution < -0.4 is 0 Å². The maximum Gasteiger partial charge on any atom is 0.0593 e. The van der Waals surface area contributed by atoms with Crippen LogP contribution in [-0.4, -0.2) is 58.4 Å². The van der Waals surface area contributed by atoms with Gasteiger partial charge >= 0.3 is 0 Å². The Bertz CT molecular complexity index is 689. The van der Waals surface area contributed by atoms with Crippen molar-refractivity contribution in [1.82, 2.24) is 14.4 Å². The van der Waals surface area contributed by atoms with E-state index in [9.17, 15) is 5.11 Å². The number of aromatic nitrogens is 1. The van der Waals surface area contributed by atoms with Gasteiger partial charge < -0.3 is 9.67 Å². The molecule has 0 bridgehead atoms. The topological polar surface area (TPSA) is 31.6 Å². The van der Waals surface area contributed by atoms with Gasteiger partial charge in [-0.2, -0.15) is 0 Å². The highest BCUT2D eigenvalue weighted by Crippen LogP contribution is 2.34. The van der Waals surface area contributed by atoms with E-state index in [0.29, 0.717) is 6.17 Å².